The summed E-state index contributed by atoms with van der Waals surface area (Å²) in [5.41, 5.74) is 3.79. The van der Waals surface area contributed by atoms with E-state index >= 15 is 0 Å². The zero-order chi connectivity index (χ0) is 20.0. The van der Waals surface area contributed by atoms with Crippen molar-refractivity contribution in [2.24, 2.45) is 0 Å². The van der Waals surface area contributed by atoms with E-state index < -0.39 is 0 Å². The summed E-state index contributed by atoms with van der Waals surface area (Å²) in [6, 6.07) is 14.9. The maximum Gasteiger partial charge on any atom is 0.263 e. The molecule has 0 saturated carbocycles. The summed E-state index contributed by atoms with van der Waals surface area (Å²) in [6.45, 7) is 2.22. The summed E-state index contributed by atoms with van der Waals surface area (Å²) in [4.78, 5) is 35.2. The molecule has 0 radical (unpaired) electrons. The van der Waals surface area contributed by atoms with Crippen molar-refractivity contribution in [3.63, 3.8) is 0 Å². The Morgan fingerprint density at radius 3 is 2.72 bits per heavy atom. The third-order valence-electron chi connectivity index (χ3n) is 4.88. The minimum absolute atomic E-state index is 0.137. The van der Waals surface area contributed by atoms with Gasteiger partial charge in [0.15, 0.2) is 0 Å². The zero-order valence-corrected chi connectivity index (χ0v) is 16.4. The van der Waals surface area contributed by atoms with Crippen LogP contribution in [-0.4, -0.2) is 18.9 Å². The van der Waals surface area contributed by atoms with Gasteiger partial charge in [-0.05, 0) is 24.6 Å². The standard InChI is InChI=1S/C22H16N4O2S/c1-14-5-7-15(8-6-14)17-12-29-21-20(17)22(28)25(13-23-21)11-16-10-19(27)26-9-3-2-4-18(26)24-16/h2-10,12-13H,11H2,1H3. The van der Waals surface area contributed by atoms with E-state index in [4.69, 9.17) is 0 Å². The summed E-state index contributed by atoms with van der Waals surface area (Å²) in [5.74, 6) is 0. The molecule has 7 heteroatoms. The average Bonchev–Trinajstić information content (AvgIpc) is 3.16. The quantitative estimate of drug-likeness (QED) is 0.465. The number of fused-ring (bicyclic) bond motifs is 2. The van der Waals surface area contributed by atoms with Crippen LogP contribution in [-0.2, 0) is 6.54 Å². The molecule has 1 aromatic carbocycles. The molecule has 5 rings (SSSR count). The molecule has 4 aromatic heterocycles. The molecule has 0 bridgehead atoms. The topological polar surface area (TPSA) is 69.3 Å². The van der Waals surface area contributed by atoms with Crippen LogP contribution in [0.2, 0.25) is 0 Å². The highest BCUT2D eigenvalue weighted by molar-refractivity contribution is 7.17. The maximum atomic E-state index is 13.2. The van der Waals surface area contributed by atoms with Crippen molar-refractivity contribution >= 4 is 27.2 Å². The van der Waals surface area contributed by atoms with E-state index in [2.05, 4.69) is 9.97 Å². The third-order valence-corrected chi connectivity index (χ3v) is 5.77. The molecule has 0 aliphatic heterocycles. The van der Waals surface area contributed by atoms with Crippen LogP contribution in [0, 0.1) is 6.92 Å². The van der Waals surface area contributed by atoms with Crippen molar-refractivity contribution in [3.05, 3.63) is 98.4 Å². The number of nitrogens with zero attached hydrogens (tertiary/aromatic N) is 4. The van der Waals surface area contributed by atoms with E-state index in [9.17, 15) is 9.59 Å². The number of rotatable bonds is 3. The Morgan fingerprint density at radius 1 is 1.07 bits per heavy atom. The largest absolute Gasteiger partial charge is 0.293 e. The first-order valence-corrected chi connectivity index (χ1v) is 9.99. The molecule has 4 heterocycles. The van der Waals surface area contributed by atoms with Gasteiger partial charge in [0.1, 0.15) is 10.5 Å². The lowest BCUT2D eigenvalue weighted by Gasteiger charge is -2.07. The Hall–Kier alpha value is -3.58. The van der Waals surface area contributed by atoms with Gasteiger partial charge in [0, 0.05) is 23.2 Å². The monoisotopic (exact) mass is 400 g/mol. The number of thiophene rings is 1. The highest BCUT2D eigenvalue weighted by Gasteiger charge is 2.14. The molecule has 0 amide bonds. The molecule has 29 heavy (non-hydrogen) atoms. The molecule has 0 atom stereocenters. The number of benzene rings is 1. The van der Waals surface area contributed by atoms with Crippen LogP contribution in [0.25, 0.3) is 27.0 Å². The fraction of sp³-hybridized carbons (Fsp3) is 0.0909. The molecule has 0 spiro atoms. The second-order valence-corrected chi connectivity index (χ2v) is 7.75. The molecule has 142 valence electrons. The van der Waals surface area contributed by atoms with Gasteiger partial charge < -0.3 is 0 Å². The van der Waals surface area contributed by atoms with E-state index in [0.29, 0.717) is 21.6 Å². The van der Waals surface area contributed by atoms with E-state index in [0.717, 1.165) is 16.7 Å². The van der Waals surface area contributed by atoms with Crippen LogP contribution in [0.5, 0.6) is 0 Å². The van der Waals surface area contributed by atoms with E-state index in [-0.39, 0.29) is 17.7 Å². The minimum atomic E-state index is -0.177. The van der Waals surface area contributed by atoms with Crippen LogP contribution in [0.3, 0.4) is 0 Å². The van der Waals surface area contributed by atoms with Crippen molar-refractivity contribution in [1.29, 1.82) is 0 Å². The van der Waals surface area contributed by atoms with Crippen LogP contribution in [0.1, 0.15) is 11.3 Å². The van der Waals surface area contributed by atoms with Crippen LogP contribution >= 0.6 is 11.3 Å². The molecule has 5 aromatic rings. The summed E-state index contributed by atoms with van der Waals surface area (Å²) in [5, 5.41) is 2.56. The van der Waals surface area contributed by atoms with E-state index in [1.807, 2.05) is 42.6 Å². The molecule has 0 unspecified atom stereocenters. The van der Waals surface area contributed by atoms with E-state index in [1.165, 1.54) is 32.7 Å². The normalized spacial score (nSPS) is 11.3. The second kappa shape index (κ2) is 6.79. The van der Waals surface area contributed by atoms with Crippen LogP contribution in [0.15, 0.2) is 76.0 Å². The molecular formula is C22H16N4O2S. The van der Waals surface area contributed by atoms with Crippen LogP contribution < -0.4 is 11.1 Å². The SMILES string of the molecule is Cc1ccc(-c2csc3ncn(Cc4cc(=O)n5ccccc5n4)c(=O)c23)cc1. The fourth-order valence-corrected chi connectivity index (χ4v) is 4.29. The Balaban J connectivity index is 1.62. The predicted molar refractivity (Wildman–Crippen MR) is 115 cm³/mol. The van der Waals surface area contributed by atoms with Gasteiger partial charge in [-0.3, -0.25) is 18.6 Å². The Morgan fingerprint density at radius 2 is 1.90 bits per heavy atom. The van der Waals surface area contributed by atoms with Gasteiger partial charge in [-0.1, -0.05) is 35.9 Å². The fourth-order valence-electron chi connectivity index (χ4n) is 3.38. The lowest BCUT2D eigenvalue weighted by molar-refractivity contribution is 0.727. The van der Waals surface area contributed by atoms with Crippen LogP contribution in [0.4, 0.5) is 0 Å². The Labute approximate surface area is 169 Å². The number of aryl methyl sites for hydroxylation is 1. The molecular weight excluding hydrogens is 384 g/mol. The smallest absolute Gasteiger partial charge is 0.263 e. The summed E-state index contributed by atoms with van der Waals surface area (Å²) in [6.07, 6.45) is 3.20. The lowest BCUT2D eigenvalue weighted by Crippen LogP contribution is -2.23. The van der Waals surface area contributed by atoms with Gasteiger partial charge in [-0.25, -0.2) is 9.97 Å². The third kappa shape index (κ3) is 3.05. The van der Waals surface area contributed by atoms with Gasteiger partial charge >= 0.3 is 0 Å². The van der Waals surface area contributed by atoms with Crippen molar-refractivity contribution < 1.29 is 0 Å². The molecule has 0 N–H and O–H groups in total. The molecule has 6 nitrogen and oxygen atoms in total. The van der Waals surface area contributed by atoms with Gasteiger partial charge in [0.25, 0.3) is 11.1 Å². The molecule has 0 aliphatic carbocycles. The Kier molecular flexibility index (Phi) is 4.10. The number of hydrogen-bond acceptors (Lipinski definition) is 5. The average molecular weight is 400 g/mol. The predicted octanol–water partition coefficient (Wildman–Crippen LogP) is 3.49. The minimum Gasteiger partial charge on any atom is -0.293 e. The highest BCUT2D eigenvalue weighted by atomic mass is 32.1. The molecule has 0 saturated heterocycles. The maximum absolute atomic E-state index is 13.2. The highest BCUT2D eigenvalue weighted by Crippen LogP contribution is 2.30. The van der Waals surface area contributed by atoms with Gasteiger partial charge in [-0.15, -0.1) is 11.3 Å². The van der Waals surface area contributed by atoms with Crippen molar-refractivity contribution in [1.82, 2.24) is 18.9 Å². The zero-order valence-electron chi connectivity index (χ0n) is 15.6. The number of hydrogen-bond donors (Lipinski definition) is 0. The summed E-state index contributed by atoms with van der Waals surface area (Å²) in [7, 11) is 0. The first kappa shape index (κ1) is 17.5. The molecule has 0 aliphatic rings. The molecule has 0 fully saturated rings. The number of aromatic nitrogens is 4. The first-order chi connectivity index (χ1) is 14.1. The van der Waals surface area contributed by atoms with Crippen molar-refractivity contribution in [2.75, 3.05) is 0 Å². The second-order valence-electron chi connectivity index (χ2n) is 6.89. The summed E-state index contributed by atoms with van der Waals surface area (Å²) >= 11 is 1.45. The van der Waals surface area contributed by atoms with Gasteiger partial charge in [0.05, 0.1) is 24.0 Å². The lowest BCUT2D eigenvalue weighted by atomic mass is 10.1. The first-order valence-electron chi connectivity index (χ1n) is 9.11. The Bertz CT molecular complexity index is 1480. The summed E-state index contributed by atoms with van der Waals surface area (Å²) < 4.78 is 2.98. The van der Waals surface area contributed by atoms with E-state index in [1.54, 1.807) is 18.3 Å². The van der Waals surface area contributed by atoms with Crippen molar-refractivity contribution in [2.45, 2.75) is 13.5 Å². The van der Waals surface area contributed by atoms with Gasteiger partial charge in [0.2, 0.25) is 0 Å². The number of pyridine rings is 1. The van der Waals surface area contributed by atoms with Gasteiger partial charge in [-0.2, -0.15) is 0 Å². The van der Waals surface area contributed by atoms with Crippen molar-refractivity contribution in [3.8, 4) is 11.1 Å².